The van der Waals surface area contributed by atoms with Crippen LogP contribution >= 0.6 is 0 Å². The molecule has 2 aliphatic carbocycles. The van der Waals surface area contributed by atoms with Crippen LogP contribution in [0.2, 0.25) is 0 Å². The van der Waals surface area contributed by atoms with E-state index in [2.05, 4.69) is 52.1 Å². The molecule has 1 saturated carbocycles. The molecule has 2 heterocycles. The van der Waals surface area contributed by atoms with Crippen LogP contribution < -0.4 is 14.8 Å². The van der Waals surface area contributed by atoms with E-state index in [9.17, 15) is 4.79 Å². The number of benzene rings is 2. The van der Waals surface area contributed by atoms with Crippen molar-refractivity contribution in [3.05, 3.63) is 53.3 Å². The maximum atomic E-state index is 14.0. The first-order chi connectivity index (χ1) is 15.7. The molecule has 6 rings (SSSR count). The Morgan fingerprint density at radius 3 is 2.15 bits per heavy atom. The van der Waals surface area contributed by atoms with Gasteiger partial charge in [-0.1, -0.05) is 46.8 Å². The lowest BCUT2D eigenvalue weighted by Gasteiger charge is -2.39. The Bertz CT molecular complexity index is 1310. The fourth-order valence-corrected chi connectivity index (χ4v) is 6.18. The fourth-order valence-electron chi connectivity index (χ4n) is 6.18. The van der Waals surface area contributed by atoms with E-state index in [0.717, 1.165) is 41.0 Å². The minimum absolute atomic E-state index is 0.00154. The van der Waals surface area contributed by atoms with Gasteiger partial charge < -0.3 is 14.8 Å². The predicted octanol–water partition coefficient (Wildman–Crippen LogP) is 5.45. The molecule has 1 N–H and O–H groups in total. The lowest BCUT2D eigenvalue weighted by Crippen LogP contribution is -2.48. The smallest absolute Gasteiger partial charge is 0.237 e. The predicted molar refractivity (Wildman–Crippen MR) is 127 cm³/mol. The number of nitrogens with one attached hydrogen (secondary N) is 1. The van der Waals surface area contributed by atoms with Gasteiger partial charge in [-0.05, 0) is 41.9 Å². The van der Waals surface area contributed by atoms with E-state index in [1.807, 2.05) is 24.3 Å². The third kappa shape index (κ3) is 2.47. The molecule has 1 fully saturated rings. The van der Waals surface area contributed by atoms with Gasteiger partial charge in [-0.2, -0.15) is 0 Å². The molecule has 2 atom stereocenters. The van der Waals surface area contributed by atoms with Gasteiger partial charge in [0.1, 0.15) is 0 Å². The van der Waals surface area contributed by atoms with Gasteiger partial charge in [0, 0.05) is 23.2 Å². The molecule has 1 amide bonds. The Hall–Kier alpha value is -3.15. The van der Waals surface area contributed by atoms with Crippen LogP contribution in [0.25, 0.3) is 11.0 Å². The van der Waals surface area contributed by atoms with Crippen molar-refractivity contribution >= 4 is 22.6 Å². The zero-order chi connectivity index (χ0) is 23.2. The maximum absolute atomic E-state index is 14.0. The largest absolute Gasteiger partial charge is 0.454 e. The van der Waals surface area contributed by atoms with Crippen molar-refractivity contribution in [3.8, 4) is 11.5 Å². The molecule has 2 aromatic carbocycles. The zero-order valence-corrected chi connectivity index (χ0v) is 19.8. The lowest BCUT2D eigenvalue weighted by molar-refractivity contribution is -0.125. The first-order valence-electron chi connectivity index (χ1n) is 11.7. The minimum Gasteiger partial charge on any atom is -0.454 e. The van der Waals surface area contributed by atoms with Crippen molar-refractivity contribution in [3.63, 3.8) is 0 Å². The Labute approximate surface area is 193 Å². The molecule has 0 spiro atoms. The van der Waals surface area contributed by atoms with Gasteiger partial charge in [-0.15, -0.1) is 0 Å². The summed E-state index contributed by atoms with van der Waals surface area (Å²) in [4.78, 5) is 24.2. The number of ether oxygens (including phenoxy) is 2. The van der Waals surface area contributed by atoms with Crippen LogP contribution in [0.3, 0.4) is 0 Å². The SMILES string of the molecule is CC(C)c1ccc(NC(=O)C23CCC(C)(c4nc5cc6c(cc5nc42)OCO6)C3(C)C)cc1. The normalized spacial score (nSPS) is 26.1. The van der Waals surface area contributed by atoms with E-state index >= 15 is 0 Å². The number of rotatable bonds is 3. The second-order valence-electron chi connectivity index (χ2n) is 10.7. The molecule has 1 aliphatic heterocycles. The monoisotopic (exact) mass is 443 g/mol. The van der Waals surface area contributed by atoms with Crippen LogP contribution in [-0.2, 0) is 15.6 Å². The third-order valence-electron chi connectivity index (χ3n) is 8.75. The van der Waals surface area contributed by atoms with Crippen LogP contribution in [0.5, 0.6) is 11.5 Å². The molecule has 0 saturated heterocycles. The number of hydrogen-bond donors (Lipinski definition) is 1. The molecule has 2 unspecified atom stereocenters. The van der Waals surface area contributed by atoms with Crippen molar-refractivity contribution < 1.29 is 14.3 Å². The number of fused-ring (bicyclic) bond motifs is 7. The number of carbonyl (C=O) groups is 1. The van der Waals surface area contributed by atoms with Gasteiger partial charge in [0.2, 0.25) is 12.7 Å². The Balaban J connectivity index is 1.47. The lowest BCUT2D eigenvalue weighted by atomic mass is 9.63. The molecule has 1 aromatic heterocycles. The van der Waals surface area contributed by atoms with Crippen LogP contribution in [-0.4, -0.2) is 22.7 Å². The molecular formula is C27H29N3O3. The quantitative estimate of drug-likeness (QED) is 0.583. The summed E-state index contributed by atoms with van der Waals surface area (Å²) < 4.78 is 11.1. The highest BCUT2D eigenvalue weighted by Crippen LogP contribution is 2.70. The molecule has 170 valence electrons. The first-order valence-corrected chi connectivity index (χ1v) is 11.7. The summed E-state index contributed by atoms with van der Waals surface area (Å²) >= 11 is 0. The summed E-state index contributed by atoms with van der Waals surface area (Å²) in [7, 11) is 0. The fraction of sp³-hybridized carbons (Fsp3) is 0.444. The number of aromatic nitrogens is 2. The van der Waals surface area contributed by atoms with E-state index in [1.165, 1.54) is 5.56 Å². The van der Waals surface area contributed by atoms with Crippen molar-refractivity contribution in [2.24, 2.45) is 5.41 Å². The summed E-state index contributed by atoms with van der Waals surface area (Å²) in [6.07, 6.45) is 1.65. The molecule has 33 heavy (non-hydrogen) atoms. The summed E-state index contributed by atoms with van der Waals surface area (Å²) in [5.74, 6) is 1.82. The Morgan fingerprint density at radius 2 is 1.55 bits per heavy atom. The van der Waals surface area contributed by atoms with E-state index in [0.29, 0.717) is 17.4 Å². The van der Waals surface area contributed by atoms with Gasteiger partial charge in [-0.25, -0.2) is 9.97 Å². The van der Waals surface area contributed by atoms with Crippen LogP contribution in [0.1, 0.15) is 70.3 Å². The third-order valence-corrected chi connectivity index (χ3v) is 8.75. The first kappa shape index (κ1) is 20.5. The highest BCUT2D eigenvalue weighted by Gasteiger charge is 2.73. The summed E-state index contributed by atoms with van der Waals surface area (Å²) in [6, 6.07) is 11.9. The van der Waals surface area contributed by atoms with Crippen molar-refractivity contribution in [2.45, 2.75) is 64.2 Å². The second kappa shape index (κ2) is 6.46. The van der Waals surface area contributed by atoms with Crippen molar-refractivity contribution in [1.82, 2.24) is 9.97 Å². The van der Waals surface area contributed by atoms with E-state index in [1.54, 1.807) is 0 Å². The van der Waals surface area contributed by atoms with Crippen molar-refractivity contribution in [2.75, 3.05) is 12.1 Å². The van der Waals surface area contributed by atoms with Gasteiger partial charge in [0.15, 0.2) is 11.5 Å². The molecule has 6 heteroatoms. The molecular weight excluding hydrogens is 414 g/mol. The minimum atomic E-state index is -0.745. The summed E-state index contributed by atoms with van der Waals surface area (Å²) in [6.45, 7) is 11.2. The number of carbonyl (C=O) groups excluding carboxylic acids is 1. The average molecular weight is 444 g/mol. The van der Waals surface area contributed by atoms with E-state index in [-0.39, 0.29) is 23.5 Å². The van der Waals surface area contributed by atoms with E-state index in [4.69, 9.17) is 19.4 Å². The van der Waals surface area contributed by atoms with Crippen LogP contribution in [0.4, 0.5) is 5.69 Å². The van der Waals surface area contributed by atoms with Crippen LogP contribution in [0.15, 0.2) is 36.4 Å². The van der Waals surface area contributed by atoms with Gasteiger partial charge in [0.05, 0.1) is 27.8 Å². The van der Waals surface area contributed by atoms with E-state index < -0.39 is 5.41 Å². The average Bonchev–Trinajstić information content (AvgIpc) is 3.36. The van der Waals surface area contributed by atoms with Gasteiger partial charge in [-0.3, -0.25) is 4.79 Å². The van der Waals surface area contributed by atoms with Crippen molar-refractivity contribution in [1.29, 1.82) is 0 Å². The topological polar surface area (TPSA) is 73.3 Å². The number of hydrogen-bond acceptors (Lipinski definition) is 5. The number of nitrogens with zero attached hydrogens (tertiary/aromatic N) is 2. The zero-order valence-electron chi connectivity index (χ0n) is 19.8. The molecule has 3 aromatic rings. The standard InChI is InChI=1S/C27H29N3O3/c1-15(2)16-6-8-17(9-7-16)28-24(31)27-11-10-26(5,25(27,3)4)22-23(27)30-19-13-21-20(32-14-33-21)12-18(19)29-22/h6-9,12-13,15H,10-11,14H2,1-5H3,(H,28,31). The maximum Gasteiger partial charge on any atom is 0.237 e. The van der Waals surface area contributed by atoms with Crippen LogP contribution in [0, 0.1) is 5.41 Å². The molecule has 0 radical (unpaired) electrons. The van der Waals surface area contributed by atoms with Gasteiger partial charge in [0.25, 0.3) is 0 Å². The summed E-state index contributed by atoms with van der Waals surface area (Å²) in [5.41, 5.74) is 4.01. The highest BCUT2D eigenvalue weighted by molar-refractivity contribution is 6.02. The second-order valence-corrected chi connectivity index (χ2v) is 10.7. The molecule has 2 bridgehead atoms. The molecule has 6 nitrogen and oxygen atoms in total. The number of anilines is 1. The Morgan fingerprint density at radius 1 is 0.939 bits per heavy atom. The number of amides is 1. The molecule has 3 aliphatic rings. The van der Waals surface area contributed by atoms with Gasteiger partial charge >= 0.3 is 0 Å². The Kier molecular flexibility index (Phi) is 4.01. The highest BCUT2D eigenvalue weighted by atomic mass is 16.7. The summed E-state index contributed by atoms with van der Waals surface area (Å²) in [5, 5.41) is 3.22.